The molecule has 0 radical (unpaired) electrons. The van der Waals surface area contributed by atoms with Crippen LogP contribution in [0.5, 0.6) is 5.75 Å². The lowest BCUT2D eigenvalue weighted by Gasteiger charge is -2.30. The van der Waals surface area contributed by atoms with Gasteiger partial charge in [0.2, 0.25) is 17.8 Å². The van der Waals surface area contributed by atoms with E-state index in [0.717, 1.165) is 55.8 Å². The van der Waals surface area contributed by atoms with Gasteiger partial charge in [-0.1, -0.05) is 19.1 Å². The minimum atomic E-state index is 0.153. The fraction of sp³-hybridized carbons (Fsp3) is 0.583. The normalized spacial score (nSPS) is 18.1. The number of hydrogen-bond acceptors (Lipinski definition) is 8. The van der Waals surface area contributed by atoms with Crippen LogP contribution >= 0.6 is 0 Å². The number of para-hydroxylation sites is 1. The number of hydrogen-bond donors (Lipinski definition) is 1. The first-order valence-electron chi connectivity index (χ1n) is 12.0. The molecule has 3 heterocycles. The molecule has 32 heavy (non-hydrogen) atoms. The van der Waals surface area contributed by atoms with E-state index < -0.39 is 0 Å². The molecule has 0 saturated carbocycles. The fourth-order valence-electron chi connectivity index (χ4n) is 4.03. The van der Waals surface area contributed by atoms with Crippen LogP contribution in [0.1, 0.15) is 64.4 Å². The highest BCUT2D eigenvalue weighted by atomic mass is 16.5. The second-order valence-electron chi connectivity index (χ2n) is 8.60. The van der Waals surface area contributed by atoms with E-state index in [9.17, 15) is 0 Å². The molecule has 1 atom stereocenters. The molecule has 2 aliphatic heterocycles. The van der Waals surface area contributed by atoms with E-state index in [1.165, 1.54) is 38.5 Å². The monoisotopic (exact) mass is 437 g/mol. The third-order valence-corrected chi connectivity index (χ3v) is 6.08. The number of benzene rings is 1. The van der Waals surface area contributed by atoms with Gasteiger partial charge in [-0.2, -0.15) is 20.1 Å². The molecule has 0 aliphatic carbocycles. The first-order valence-corrected chi connectivity index (χ1v) is 12.0. The summed E-state index contributed by atoms with van der Waals surface area (Å²) in [4.78, 5) is 18.7. The van der Waals surface area contributed by atoms with E-state index in [1.807, 2.05) is 24.3 Å². The highest BCUT2D eigenvalue weighted by Crippen LogP contribution is 2.23. The Labute approximate surface area is 191 Å². The Hall–Kier alpha value is -2.90. The standard InChI is InChI=1S/C24H35N7O/c1-3-19(2)32-21-13-7-6-12-20(21)18-25-29-22-26-23(30-14-8-4-9-15-30)28-24(27-22)31-16-10-5-11-17-31/h6-7,12-13,18-19H,3-5,8-11,14-17H2,1-2H3,(H,26,27,28,29)/b25-18-/t19-/m1/s1. The van der Waals surface area contributed by atoms with Crippen molar-refractivity contribution in [3.8, 4) is 5.75 Å². The Morgan fingerprint density at radius 2 is 1.53 bits per heavy atom. The lowest BCUT2D eigenvalue weighted by molar-refractivity contribution is 0.217. The maximum atomic E-state index is 6.02. The molecule has 8 heteroatoms. The van der Waals surface area contributed by atoms with Crippen molar-refractivity contribution in [2.45, 2.75) is 64.9 Å². The quantitative estimate of drug-likeness (QED) is 0.482. The number of ether oxygens (including phenoxy) is 1. The number of anilines is 3. The number of aromatic nitrogens is 3. The average molecular weight is 438 g/mol. The first kappa shape index (κ1) is 22.3. The number of piperidine rings is 2. The molecule has 4 rings (SSSR count). The maximum Gasteiger partial charge on any atom is 0.250 e. The molecule has 2 fully saturated rings. The molecule has 2 aromatic rings. The lowest BCUT2D eigenvalue weighted by Crippen LogP contribution is -2.34. The minimum Gasteiger partial charge on any atom is -0.490 e. The summed E-state index contributed by atoms with van der Waals surface area (Å²) in [5.41, 5.74) is 3.96. The van der Waals surface area contributed by atoms with Crippen LogP contribution in [0.2, 0.25) is 0 Å². The lowest BCUT2D eigenvalue weighted by atomic mass is 10.1. The minimum absolute atomic E-state index is 0.153. The molecule has 1 aromatic heterocycles. The Morgan fingerprint density at radius 3 is 2.12 bits per heavy atom. The van der Waals surface area contributed by atoms with E-state index in [4.69, 9.17) is 9.72 Å². The Balaban J connectivity index is 1.53. The van der Waals surface area contributed by atoms with Crippen molar-refractivity contribution in [1.82, 2.24) is 15.0 Å². The smallest absolute Gasteiger partial charge is 0.250 e. The van der Waals surface area contributed by atoms with Gasteiger partial charge < -0.3 is 14.5 Å². The maximum absolute atomic E-state index is 6.02. The predicted molar refractivity (Wildman–Crippen MR) is 130 cm³/mol. The average Bonchev–Trinajstić information content (AvgIpc) is 2.86. The number of rotatable bonds is 8. The molecule has 0 amide bonds. The van der Waals surface area contributed by atoms with Gasteiger partial charge >= 0.3 is 0 Å². The van der Waals surface area contributed by atoms with Crippen molar-refractivity contribution in [2.75, 3.05) is 41.4 Å². The van der Waals surface area contributed by atoms with Gasteiger partial charge in [-0.25, -0.2) is 5.43 Å². The third kappa shape index (κ3) is 5.87. The second kappa shape index (κ2) is 11.1. The topological polar surface area (TPSA) is 78.8 Å². The van der Waals surface area contributed by atoms with Gasteiger partial charge in [0.15, 0.2) is 0 Å². The van der Waals surface area contributed by atoms with Crippen molar-refractivity contribution < 1.29 is 4.74 Å². The molecular weight excluding hydrogens is 402 g/mol. The summed E-state index contributed by atoms with van der Waals surface area (Å²) in [6.07, 6.45) is 10.1. The summed E-state index contributed by atoms with van der Waals surface area (Å²) >= 11 is 0. The third-order valence-electron chi connectivity index (χ3n) is 6.08. The van der Waals surface area contributed by atoms with E-state index in [2.05, 4.69) is 44.1 Å². The van der Waals surface area contributed by atoms with Crippen molar-refractivity contribution >= 4 is 24.1 Å². The van der Waals surface area contributed by atoms with Gasteiger partial charge in [0.1, 0.15) is 5.75 Å². The van der Waals surface area contributed by atoms with E-state index in [0.29, 0.717) is 5.95 Å². The highest BCUT2D eigenvalue weighted by molar-refractivity contribution is 5.83. The molecule has 0 bridgehead atoms. The number of nitrogens with one attached hydrogen (secondary N) is 1. The zero-order chi connectivity index (χ0) is 22.2. The summed E-state index contributed by atoms with van der Waals surface area (Å²) in [6.45, 7) is 8.16. The van der Waals surface area contributed by atoms with Gasteiger partial charge in [-0.3, -0.25) is 0 Å². The van der Waals surface area contributed by atoms with Crippen LogP contribution in [-0.2, 0) is 0 Å². The number of hydrazone groups is 1. The Bertz CT molecular complexity index is 855. The van der Waals surface area contributed by atoms with E-state index >= 15 is 0 Å². The van der Waals surface area contributed by atoms with Crippen LogP contribution in [0.15, 0.2) is 29.4 Å². The largest absolute Gasteiger partial charge is 0.490 e. The summed E-state index contributed by atoms with van der Waals surface area (Å²) in [7, 11) is 0. The predicted octanol–water partition coefficient (Wildman–Crippen LogP) is 4.48. The molecule has 1 N–H and O–H groups in total. The molecule has 0 spiro atoms. The first-order chi connectivity index (χ1) is 15.7. The summed E-state index contributed by atoms with van der Waals surface area (Å²) in [5, 5.41) is 4.43. The zero-order valence-corrected chi connectivity index (χ0v) is 19.3. The van der Waals surface area contributed by atoms with Crippen LogP contribution in [0.4, 0.5) is 17.8 Å². The van der Waals surface area contributed by atoms with Gasteiger partial charge in [-0.15, -0.1) is 0 Å². The molecule has 1 aromatic carbocycles. The van der Waals surface area contributed by atoms with E-state index in [1.54, 1.807) is 6.21 Å². The molecule has 2 saturated heterocycles. The Kier molecular flexibility index (Phi) is 7.74. The molecule has 2 aliphatic rings. The molecular formula is C24H35N7O. The van der Waals surface area contributed by atoms with Crippen molar-refractivity contribution in [1.29, 1.82) is 0 Å². The van der Waals surface area contributed by atoms with Crippen LogP contribution < -0.4 is 20.0 Å². The second-order valence-corrected chi connectivity index (χ2v) is 8.60. The van der Waals surface area contributed by atoms with Gasteiger partial charge in [0.25, 0.3) is 0 Å². The Morgan fingerprint density at radius 1 is 0.938 bits per heavy atom. The van der Waals surface area contributed by atoms with Crippen molar-refractivity contribution in [3.63, 3.8) is 0 Å². The van der Waals surface area contributed by atoms with Crippen molar-refractivity contribution in [3.05, 3.63) is 29.8 Å². The van der Waals surface area contributed by atoms with Gasteiger partial charge in [-0.05, 0) is 64.0 Å². The van der Waals surface area contributed by atoms with Crippen LogP contribution in [0.3, 0.4) is 0 Å². The fourth-order valence-corrected chi connectivity index (χ4v) is 4.03. The van der Waals surface area contributed by atoms with Crippen molar-refractivity contribution in [2.24, 2.45) is 5.10 Å². The SMILES string of the molecule is CC[C@@H](C)Oc1ccccc1/C=N\Nc1nc(N2CCCCC2)nc(N2CCCCC2)n1. The van der Waals surface area contributed by atoms with Crippen LogP contribution in [0, 0.1) is 0 Å². The summed E-state index contributed by atoms with van der Waals surface area (Å²) in [6, 6.07) is 7.93. The number of nitrogens with zero attached hydrogens (tertiary/aromatic N) is 6. The summed E-state index contributed by atoms with van der Waals surface area (Å²) < 4.78 is 6.02. The summed E-state index contributed by atoms with van der Waals surface area (Å²) in [5.74, 6) is 2.81. The zero-order valence-electron chi connectivity index (χ0n) is 19.3. The molecule has 0 unspecified atom stereocenters. The highest BCUT2D eigenvalue weighted by Gasteiger charge is 2.20. The molecule has 8 nitrogen and oxygen atoms in total. The van der Waals surface area contributed by atoms with E-state index in [-0.39, 0.29) is 6.10 Å². The van der Waals surface area contributed by atoms with Crippen LogP contribution in [-0.4, -0.2) is 53.4 Å². The van der Waals surface area contributed by atoms with Gasteiger partial charge in [0, 0.05) is 31.7 Å². The van der Waals surface area contributed by atoms with Crippen LogP contribution in [0.25, 0.3) is 0 Å². The molecule has 172 valence electrons. The van der Waals surface area contributed by atoms with Gasteiger partial charge in [0.05, 0.1) is 12.3 Å².